The van der Waals surface area contributed by atoms with Crippen molar-refractivity contribution in [2.75, 3.05) is 6.61 Å². The lowest BCUT2D eigenvalue weighted by molar-refractivity contribution is -0.142. The zero-order valence-corrected chi connectivity index (χ0v) is 15.2. The number of amides is 2. The van der Waals surface area contributed by atoms with E-state index in [4.69, 9.17) is 9.84 Å². The first kappa shape index (κ1) is 19.1. The van der Waals surface area contributed by atoms with Gasteiger partial charge in [-0.05, 0) is 57.6 Å². The summed E-state index contributed by atoms with van der Waals surface area (Å²) in [5, 5.41) is 14.8. The zero-order chi connectivity index (χ0) is 18.4. The van der Waals surface area contributed by atoms with Crippen LogP contribution in [0.1, 0.15) is 43.7 Å². The zero-order valence-electron chi connectivity index (χ0n) is 15.2. The minimum absolute atomic E-state index is 0.0438. The summed E-state index contributed by atoms with van der Waals surface area (Å²) in [5.74, 6) is -0.144. The number of rotatable bonds is 6. The first-order chi connectivity index (χ1) is 11.9. The van der Waals surface area contributed by atoms with Crippen molar-refractivity contribution in [3.63, 3.8) is 0 Å². The first-order valence-corrected chi connectivity index (χ1v) is 8.85. The summed E-state index contributed by atoms with van der Waals surface area (Å²) in [4.78, 5) is 23.0. The Labute approximate surface area is 149 Å². The molecule has 25 heavy (non-hydrogen) atoms. The number of carbonyl (C=O) groups excluding carboxylic acids is 1. The second kappa shape index (κ2) is 8.74. The molecular formula is C19H28N2O4. The van der Waals surface area contributed by atoms with E-state index in [-0.39, 0.29) is 24.0 Å². The molecule has 2 amide bonds. The average Bonchev–Trinajstić information content (AvgIpc) is 2.54. The molecule has 0 radical (unpaired) electrons. The van der Waals surface area contributed by atoms with Gasteiger partial charge in [0.05, 0.1) is 12.0 Å². The number of benzene rings is 1. The predicted molar refractivity (Wildman–Crippen MR) is 95.9 cm³/mol. The molecule has 6 heteroatoms. The third kappa shape index (κ3) is 5.66. The van der Waals surface area contributed by atoms with E-state index in [1.807, 2.05) is 39.0 Å². The van der Waals surface area contributed by atoms with Gasteiger partial charge in [0.15, 0.2) is 0 Å². The van der Waals surface area contributed by atoms with Gasteiger partial charge in [-0.3, -0.25) is 4.79 Å². The first-order valence-electron chi connectivity index (χ1n) is 8.85. The lowest BCUT2D eigenvalue weighted by Gasteiger charge is -2.27. The fourth-order valence-corrected chi connectivity index (χ4v) is 3.21. The number of carboxylic acids is 1. The van der Waals surface area contributed by atoms with E-state index in [0.29, 0.717) is 32.3 Å². The number of aliphatic carboxylic acids is 1. The molecule has 1 aliphatic carbocycles. The highest BCUT2D eigenvalue weighted by Gasteiger charge is 2.26. The fraction of sp³-hybridized carbons (Fsp3) is 0.579. The summed E-state index contributed by atoms with van der Waals surface area (Å²) in [6.07, 6.45) is 2.65. The third-order valence-corrected chi connectivity index (χ3v) is 4.68. The second-order valence-electron chi connectivity index (χ2n) is 6.94. The Hall–Kier alpha value is -2.24. The lowest BCUT2D eigenvalue weighted by Crippen LogP contribution is -2.48. The number of ether oxygens (including phenoxy) is 1. The van der Waals surface area contributed by atoms with Gasteiger partial charge in [-0.15, -0.1) is 0 Å². The SMILES string of the molecule is Cc1cccc(C)c1OCC(C)NC(=O)NC1CCC(C(=O)O)CC1. The number of hydrogen-bond acceptors (Lipinski definition) is 3. The average molecular weight is 348 g/mol. The number of carbonyl (C=O) groups is 2. The quantitative estimate of drug-likeness (QED) is 0.737. The van der Waals surface area contributed by atoms with Crippen molar-refractivity contribution < 1.29 is 19.4 Å². The van der Waals surface area contributed by atoms with Gasteiger partial charge >= 0.3 is 12.0 Å². The summed E-state index contributed by atoms with van der Waals surface area (Å²) in [7, 11) is 0. The summed E-state index contributed by atoms with van der Waals surface area (Å²) < 4.78 is 5.85. The number of aryl methyl sites for hydroxylation is 2. The fourth-order valence-electron chi connectivity index (χ4n) is 3.21. The Balaban J connectivity index is 1.72. The largest absolute Gasteiger partial charge is 0.491 e. The second-order valence-corrected chi connectivity index (χ2v) is 6.94. The molecule has 1 saturated carbocycles. The Kier molecular flexibility index (Phi) is 6.67. The van der Waals surface area contributed by atoms with Crippen molar-refractivity contribution >= 4 is 12.0 Å². The van der Waals surface area contributed by atoms with E-state index in [2.05, 4.69) is 10.6 Å². The van der Waals surface area contributed by atoms with Crippen LogP contribution in [-0.4, -0.2) is 35.8 Å². The molecule has 1 atom stereocenters. The van der Waals surface area contributed by atoms with E-state index in [0.717, 1.165) is 16.9 Å². The summed E-state index contributed by atoms with van der Waals surface area (Å²) in [5.41, 5.74) is 2.15. The topological polar surface area (TPSA) is 87.7 Å². The van der Waals surface area contributed by atoms with Gasteiger partial charge < -0.3 is 20.5 Å². The molecule has 6 nitrogen and oxygen atoms in total. The van der Waals surface area contributed by atoms with E-state index in [1.165, 1.54) is 0 Å². The number of hydrogen-bond donors (Lipinski definition) is 3. The van der Waals surface area contributed by atoms with Crippen molar-refractivity contribution in [1.82, 2.24) is 10.6 Å². The molecule has 0 heterocycles. The molecule has 3 N–H and O–H groups in total. The van der Waals surface area contributed by atoms with Crippen LogP contribution in [0.25, 0.3) is 0 Å². The van der Waals surface area contributed by atoms with Crippen molar-refractivity contribution in [2.24, 2.45) is 5.92 Å². The number of para-hydroxylation sites is 1. The van der Waals surface area contributed by atoms with Gasteiger partial charge in [0, 0.05) is 6.04 Å². The normalized spacial score (nSPS) is 21.2. The predicted octanol–water partition coefficient (Wildman–Crippen LogP) is 3.01. The lowest BCUT2D eigenvalue weighted by atomic mass is 9.86. The number of carboxylic acid groups (broad SMARTS) is 1. The molecule has 2 rings (SSSR count). The van der Waals surface area contributed by atoms with Crippen LogP contribution < -0.4 is 15.4 Å². The smallest absolute Gasteiger partial charge is 0.315 e. The summed E-state index contributed by atoms with van der Waals surface area (Å²) in [6.45, 7) is 6.29. The van der Waals surface area contributed by atoms with E-state index >= 15 is 0 Å². The van der Waals surface area contributed by atoms with Crippen molar-refractivity contribution in [3.05, 3.63) is 29.3 Å². The Morgan fingerprint density at radius 2 is 1.80 bits per heavy atom. The van der Waals surface area contributed by atoms with E-state index < -0.39 is 5.97 Å². The van der Waals surface area contributed by atoms with Crippen molar-refractivity contribution in [2.45, 2.75) is 58.5 Å². The van der Waals surface area contributed by atoms with Crippen LogP contribution in [0, 0.1) is 19.8 Å². The van der Waals surface area contributed by atoms with Gasteiger partial charge in [-0.25, -0.2) is 4.79 Å². The Morgan fingerprint density at radius 1 is 1.20 bits per heavy atom. The molecule has 0 spiro atoms. The molecule has 138 valence electrons. The molecule has 0 bridgehead atoms. The third-order valence-electron chi connectivity index (χ3n) is 4.68. The highest BCUT2D eigenvalue weighted by Crippen LogP contribution is 2.24. The summed E-state index contributed by atoms with van der Waals surface area (Å²) >= 11 is 0. The van der Waals surface area contributed by atoms with Crippen LogP contribution in [0.3, 0.4) is 0 Å². The van der Waals surface area contributed by atoms with Gasteiger partial charge in [0.25, 0.3) is 0 Å². The van der Waals surface area contributed by atoms with Gasteiger partial charge in [-0.1, -0.05) is 18.2 Å². The minimum atomic E-state index is -0.736. The van der Waals surface area contributed by atoms with Crippen LogP contribution in [-0.2, 0) is 4.79 Å². The van der Waals surface area contributed by atoms with Crippen LogP contribution >= 0.6 is 0 Å². The highest BCUT2D eigenvalue weighted by atomic mass is 16.5. The maximum absolute atomic E-state index is 12.1. The van der Waals surface area contributed by atoms with Crippen LogP contribution in [0.2, 0.25) is 0 Å². The molecule has 0 aromatic heterocycles. The van der Waals surface area contributed by atoms with Crippen LogP contribution in [0.4, 0.5) is 4.79 Å². The molecule has 1 aromatic carbocycles. The van der Waals surface area contributed by atoms with Crippen molar-refractivity contribution in [3.8, 4) is 5.75 Å². The minimum Gasteiger partial charge on any atom is -0.491 e. The number of urea groups is 1. The van der Waals surface area contributed by atoms with E-state index in [9.17, 15) is 9.59 Å². The monoisotopic (exact) mass is 348 g/mol. The molecule has 1 unspecified atom stereocenters. The van der Waals surface area contributed by atoms with Gasteiger partial charge in [0.2, 0.25) is 0 Å². The van der Waals surface area contributed by atoms with E-state index in [1.54, 1.807) is 0 Å². The molecule has 1 aliphatic rings. The maximum atomic E-state index is 12.1. The summed E-state index contributed by atoms with van der Waals surface area (Å²) in [6, 6.07) is 5.68. The molecule has 1 fully saturated rings. The maximum Gasteiger partial charge on any atom is 0.315 e. The standard InChI is InChI=1S/C19H28N2O4/c1-12-5-4-6-13(2)17(12)25-11-14(3)20-19(24)21-16-9-7-15(8-10-16)18(22)23/h4-6,14-16H,7-11H2,1-3H3,(H,22,23)(H2,20,21,24). The van der Waals surface area contributed by atoms with Gasteiger partial charge in [-0.2, -0.15) is 0 Å². The van der Waals surface area contributed by atoms with Crippen LogP contribution in [0.15, 0.2) is 18.2 Å². The Morgan fingerprint density at radius 3 is 2.36 bits per heavy atom. The molecule has 0 aliphatic heterocycles. The number of nitrogens with one attached hydrogen (secondary N) is 2. The van der Waals surface area contributed by atoms with Crippen LogP contribution in [0.5, 0.6) is 5.75 Å². The highest BCUT2D eigenvalue weighted by molar-refractivity contribution is 5.74. The molecular weight excluding hydrogens is 320 g/mol. The molecule has 0 saturated heterocycles. The van der Waals surface area contributed by atoms with Crippen molar-refractivity contribution in [1.29, 1.82) is 0 Å². The van der Waals surface area contributed by atoms with Gasteiger partial charge in [0.1, 0.15) is 12.4 Å². The Bertz CT molecular complexity index is 589. The molecule has 1 aromatic rings.